The van der Waals surface area contributed by atoms with Crippen molar-refractivity contribution < 1.29 is 14.4 Å². The van der Waals surface area contributed by atoms with Crippen molar-refractivity contribution in [3.63, 3.8) is 0 Å². The molecule has 1 aromatic carbocycles. The highest BCUT2D eigenvalue weighted by Gasteiger charge is 2.43. The highest BCUT2D eigenvalue weighted by Crippen LogP contribution is 2.47. The largest absolute Gasteiger partial charge is 0.467 e. The van der Waals surface area contributed by atoms with Crippen molar-refractivity contribution in [3.8, 4) is 5.75 Å². The molecule has 2 fully saturated rings. The molecule has 1 aromatic rings. The van der Waals surface area contributed by atoms with Crippen LogP contribution in [0.5, 0.6) is 5.75 Å². The van der Waals surface area contributed by atoms with E-state index >= 15 is 0 Å². The Morgan fingerprint density at radius 3 is 2.61 bits per heavy atom. The molecule has 6 nitrogen and oxygen atoms in total. The lowest BCUT2D eigenvalue weighted by Crippen LogP contribution is -2.35. The van der Waals surface area contributed by atoms with Gasteiger partial charge in [-0.2, -0.15) is 0 Å². The van der Waals surface area contributed by atoms with Gasteiger partial charge in [-0.05, 0) is 44.6 Å². The summed E-state index contributed by atoms with van der Waals surface area (Å²) in [7, 11) is 2.14. The van der Waals surface area contributed by atoms with Crippen molar-refractivity contribution in [3.05, 3.63) is 33.4 Å². The second-order valence-electron chi connectivity index (χ2n) is 7.04. The Hall–Kier alpha value is -1.66. The molecule has 23 heavy (non-hydrogen) atoms. The van der Waals surface area contributed by atoms with Gasteiger partial charge in [0.1, 0.15) is 5.75 Å². The predicted molar refractivity (Wildman–Crippen MR) is 84.1 cm³/mol. The van der Waals surface area contributed by atoms with Crippen molar-refractivity contribution in [2.75, 3.05) is 13.8 Å². The highest BCUT2D eigenvalue weighted by atomic mass is 16.7. The number of hydrogen-bond donors (Lipinski definition) is 0. The molecule has 0 N–H and O–H groups in total. The van der Waals surface area contributed by atoms with Crippen LogP contribution < -0.4 is 4.74 Å². The quantitative estimate of drug-likeness (QED) is 0.596. The van der Waals surface area contributed by atoms with Crippen LogP contribution in [0.3, 0.4) is 0 Å². The van der Waals surface area contributed by atoms with E-state index in [4.69, 9.17) is 9.47 Å². The molecular formula is C17H22N2O4. The van der Waals surface area contributed by atoms with Gasteiger partial charge in [-0.25, -0.2) is 0 Å². The molecular weight excluding hydrogens is 296 g/mol. The fraction of sp³-hybridized carbons (Fsp3) is 0.647. The van der Waals surface area contributed by atoms with E-state index in [0.29, 0.717) is 19.2 Å². The van der Waals surface area contributed by atoms with Crippen LogP contribution in [0.4, 0.5) is 5.69 Å². The van der Waals surface area contributed by atoms with E-state index in [-0.39, 0.29) is 17.4 Å². The molecule has 0 aromatic heterocycles. The summed E-state index contributed by atoms with van der Waals surface area (Å²) in [5, 5.41) is 11.2. The number of ether oxygens (including phenoxy) is 2. The first-order valence-corrected chi connectivity index (χ1v) is 8.34. The summed E-state index contributed by atoms with van der Waals surface area (Å²) in [5.41, 5.74) is 1.81. The molecule has 0 saturated heterocycles. The molecule has 6 heteroatoms. The molecule has 0 radical (unpaired) electrons. The Bertz CT molecular complexity index is 613. The number of nitrogens with zero attached hydrogens (tertiary/aromatic N) is 2. The predicted octanol–water partition coefficient (Wildman–Crippen LogP) is 3.08. The van der Waals surface area contributed by atoms with Gasteiger partial charge >= 0.3 is 0 Å². The van der Waals surface area contributed by atoms with Crippen LogP contribution in [0.1, 0.15) is 36.8 Å². The van der Waals surface area contributed by atoms with E-state index in [1.54, 1.807) is 12.1 Å². The Morgan fingerprint density at radius 1 is 1.30 bits per heavy atom. The van der Waals surface area contributed by atoms with E-state index in [9.17, 15) is 10.1 Å². The molecule has 0 bridgehead atoms. The molecule has 3 aliphatic rings. The van der Waals surface area contributed by atoms with Gasteiger partial charge in [0.15, 0.2) is 6.79 Å². The average molecular weight is 318 g/mol. The number of fused-ring (bicyclic) bond motifs is 1. The summed E-state index contributed by atoms with van der Waals surface area (Å²) in [6, 6.07) is 3.85. The van der Waals surface area contributed by atoms with Crippen LogP contribution in [0, 0.1) is 22.0 Å². The molecule has 0 unspecified atom stereocenters. The topological polar surface area (TPSA) is 64.8 Å². The third-order valence-corrected chi connectivity index (χ3v) is 5.12. The van der Waals surface area contributed by atoms with Crippen molar-refractivity contribution >= 4 is 5.69 Å². The van der Waals surface area contributed by atoms with Crippen molar-refractivity contribution in [1.82, 2.24) is 4.90 Å². The molecule has 124 valence electrons. The minimum atomic E-state index is -0.336. The van der Waals surface area contributed by atoms with Gasteiger partial charge in [0.25, 0.3) is 5.69 Å². The van der Waals surface area contributed by atoms with Crippen LogP contribution >= 0.6 is 0 Å². The Morgan fingerprint density at radius 2 is 2.00 bits per heavy atom. The lowest BCUT2D eigenvalue weighted by molar-refractivity contribution is -0.385. The molecule has 0 atom stereocenters. The number of hydrogen-bond acceptors (Lipinski definition) is 5. The minimum Gasteiger partial charge on any atom is -0.467 e. The Labute approximate surface area is 135 Å². The third-order valence-electron chi connectivity index (χ3n) is 5.12. The number of nitro benzene ring substituents is 1. The van der Waals surface area contributed by atoms with Gasteiger partial charge in [0.05, 0.1) is 11.5 Å². The van der Waals surface area contributed by atoms with Gasteiger partial charge in [0.2, 0.25) is 0 Å². The van der Waals surface area contributed by atoms with Gasteiger partial charge in [-0.1, -0.05) is 0 Å². The summed E-state index contributed by atoms with van der Waals surface area (Å²) in [4.78, 5) is 13.3. The Balaban J connectivity index is 1.61. The zero-order chi connectivity index (χ0) is 16.0. The maximum absolute atomic E-state index is 11.2. The van der Waals surface area contributed by atoms with E-state index < -0.39 is 0 Å². The van der Waals surface area contributed by atoms with Gasteiger partial charge in [0, 0.05) is 35.8 Å². The summed E-state index contributed by atoms with van der Waals surface area (Å²) in [5.74, 6) is 2.40. The SMILES string of the molecule is CN(Cc1cc([N+](=O)[O-])cc2c1OCOC2)C(C1CC1)C1CC1. The van der Waals surface area contributed by atoms with Gasteiger partial charge in [-0.3, -0.25) is 15.0 Å². The standard InChI is InChI=1S/C17H22N2O4/c1-18(16(11-2-3-11)12-4-5-12)8-13-6-15(19(20)21)7-14-9-22-10-23-17(13)14/h6-7,11-12,16H,2-5,8-10H2,1H3. The molecule has 1 aliphatic heterocycles. The van der Waals surface area contributed by atoms with Crippen molar-refractivity contribution in [2.45, 2.75) is 44.9 Å². The summed E-state index contributed by atoms with van der Waals surface area (Å²) < 4.78 is 10.9. The van der Waals surface area contributed by atoms with E-state index in [1.165, 1.54) is 25.7 Å². The van der Waals surface area contributed by atoms with E-state index in [0.717, 1.165) is 28.7 Å². The summed E-state index contributed by atoms with van der Waals surface area (Å²) in [6.45, 7) is 1.29. The van der Waals surface area contributed by atoms with Gasteiger partial charge < -0.3 is 9.47 Å². The average Bonchev–Trinajstić information content (AvgIpc) is 3.42. The normalized spacial score (nSPS) is 20.5. The third kappa shape index (κ3) is 3.05. The molecule has 4 rings (SSSR count). The van der Waals surface area contributed by atoms with Crippen molar-refractivity contribution in [1.29, 1.82) is 0 Å². The molecule has 0 spiro atoms. The zero-order valence-electron chi connectivity index (χ0n) is 13.4. The minimum absolute atomic E-state index is 0.121. The highest BCUT2D eigenvalue weighted by molar-refractivity contribution is 5.50. The van der Waals surface area contributed by atoms with Crippen LogP contribution in [-0.2, 0) is 17.9 Å². The summed E-state index contributed by atoms with van der Waals surface area (Å²) in [6.07, 6.45) is 5.29. The molecule has 1 heterocycles. The second-order valence-corrected chi connectivity index (χ2v) is 7.04. The van der Waals surface area contributed by atoms with Crippen molar-refractivity contribution in [2.24, 2.45) is 11.8 Å². The van der Waals surface area contributed by atoms with Crippen LogP contribution in [0.2, 0.25) is 0 Å². The lowest BCUT2D eigenvalue weighted by Gasteiger charge is -2.30. The summed E-state index contributed by atoms with van der Waals surface area (Å²) >= 11 is 0. The first-order valence-electron chi connectivity index (χ1n) is 8.34. The van der Waals surface area contributed by atoms with Crippen LogP contribution in [0.25, 0.3) is 0 Å². The smallest absolute Gasteiger partial charge is 0.270 e. The first kappa shape index (κ1) is 14.9. The monoisotopic (exact) mass is 318 g/mol. The number of non-ortho nitro benzene ring substituents is 1. The zero-order valence-corrected chi connectivity index (χ0v) is 13.4. The van der Waals surface area contributed by atoms with E-state index in [1.807, 2.05) is 0 Å². The first-order chi connectivity index (χ1) is 11.1. The number of rotatable bonds is 6. The van der Waals surface area contributed by atoms with Gasteiger partial charge in [-0.15, -0.1) is 0 Å². The maximum atomic E-state index is 11.2. The number of benzene rings is 1. The van der Waals surface area contributed by atoms with Crippen LogP contribution in [-0.4, -0.2) is 29.7 Å². The lowest BCUT2D eigenvalue weighted by atomic mass is 10.0. The van der Waals surface area contributed by atoms with Crippen LogP contribution in [0.15, 0.2) is 12.1 Å². The molecule has 2 aliphatic carbocycles. The van der Waals surface area contributed by atoms with E-state index in [2.05, 4.69) is 11.9 Å². The molecule has 0 amide bonds. The molecule has 2 saturated carbocycles. The maximum Gasteiger partial charge on any atom is 0.270 e. The fourth-order valence-electron chi connectivity index (χ4n) is 3.86. The Kier molecular flexibility index (Phi) is 3.73. The fourth-order valence-corrected chi connectivity index (χ4v) is 3.86. The number of nitro groups is 1. The second kappa shape index (κ2) is 5.76.